The predicted octanol–water partition coefficient (Wildman–Crippen LogP) is 11.3. The summed E-state index contributed by atoms with van der Waals surface area (Å²) in [5.41, 5.74) is 12.9. The molecule has 3 aliphatic rings. The Morgan fingerprint density at radius 3 is 2.41 bits per heavy atom. The lowest BCUT2D eigenvalue weighted by molar-refractivity contribution is 0.545. The maximum absolute atomic E-state index is 6.62. The first-order valence-electron chi connectivity index (χ1n) is 16.0. The number of rotatable bonds is 2. The van der Waals surface area contributed by atoms with Gasteiger partial charge in [-0.1, -0.05) is 104 Å². The second kappa shape index (κ2) is 8.97. The molecule has 5 aromatic carbocycles. The third kappa shape index (κ3) is 3.20. The highest BCUT2D eigenvalue weighted by Gasteiger charge is 2.33. The minimum absolute atomic E-state index is 0.187. The molecule has 1 atom stereocenters. The van der Waals surface area contributed by atoms with Gasteiger partial charge in [0.15, 0.2) is 0 Å². The van der Waals surface area contributed by atoms with Gasteiger partial charge in [0.1, 0.15) is 11.3 Å². The largest absolute Gasteiger partial charge is 0.460 e. The third-order valence-corrected chi connectivity index (χ3v) is 10.3. The average molecular weight is 566 g/mol. The quantitative estimate of drug-likeness (QED) is 0.191. The highest BCUT2D eigenvalue weighted by atomic mass is 16.3. The van der Waals surface area contributed by atoms with Gasteiger partial charge in [-0.3, -0.25) is 0 Å². The number of benzene rings is 5. The Morgan fingerprint density at radius 1 is 0.682 bits per heavy atom. The highest BCUT2D eigenvalue weighted by Crippen LogP contribution is 2.50. The zero-order chi connectivity index (χ0) is 28.9. The molecule has 0 N–H and O–H groups in total. The van der Waals surface area contributed by atoms with Crippen molar-refractivity contribution in [2.45, 2.75) is 38.5 Å². The zero-order valence-corrected chi connectivity index (χ0v) is 24.7. The van der Waals surface area contributed by atoms with Gasteiger partial charge in [-0.15, -0.1) is 0 Å². The summed E-state index contributed by atoms with van der Waals surface area (Å²) in [5.74, 6) is 1.31. The molecule has 0 saturated carbocycles. The summed E-state index contributed by atoms with van der Waals surface area (Å²) in [6.45, 7) is 2.38. The molecule has 0 spiro atoms. The molecule has 2 aromatic heterocycles. The van der Waals surface area contributed by atoms with E-state index in [0.29, 0.717) is 0 Å². The molecule has 0 amide bonds. The number of aryl methyl sites for hydroxylation is 2. The molecule has 0 radical (unpaired) electrons. The van der Waals surface area contributed by atoms with E-state index >= 15 is 0 Å². The van der Waals surface area contributed by atoms with E-state index in [9.17, 15) is 0 Å². The lowest BCUT2D eigenvalue weighted by Crippen LogP contribution is -2.06. The first-order valence-corrected chi connectivity index (χ1v) is 16.0. The number of fused-ring (bicyclic) bond motifs is 10. The summed E-state index contributed by atoms with van der Waals surface area (Å²) in [5, 5.41) is 7.76. The van der Waals surface area contributed by atoms with Gasteiger partial charge in [0.2, 0.25) is 0 Å². The van der Waals surface area contributed by atoms with Crippen LogP contribution in [0.4, 0.5) is 0 Å². The van der Waals surface area contributed by atoms with Crippen molar-refractivity contribution in [3.05, 3.63) is 136 Å². The Morgan fingerprint density at radius 2 is 1.48 bits per heavy atom. The van der Waals surface area contributed by atoms with Crippen molar-refractivity contribution in [3.63, 3.8) is 0 Å². The summed E-state index contributed by atoms with van der Waals surface area (Å²) in [6.07, 6.45) is 15.9. The van der Waals surface area contributed by atoms with Crippen LogP contribution in [0.2, 0.25) is 0 Å². The van der Waals surface area contributed by atoms with E-state index in [0.717, 1.165) is 37.0 Å². The number of allylic oxidation sites excluding steroid dienone is 3. The summed E-state index contributed by atoms with van der Waals surface area (Å²) in [4.78, 5) is 0. The van der Waals surface area contributed by atoms with Crippen LogP contribution in [0.3, 0.4) is 0 Å². The molecule has 0 saturated heterocycles. The predicted molar refractivity (Wildman–Crippen MR) is 185 cm³/mol. The number of hydrogen-bond donors (Lipinski definition) is 0. The van der Waals surface area contributed by atoms with Crippen LogP contribution in [0, 0.1) is 0 Å². The van der Waals surface area contributed by atoms with E-state index in [-0.39, 0.29) is 5.92 Å². The minimum atomic E-state index is 0.187. The first-order chi connectivity index (χ1) is 21.8. The van der Waals surface area contributed by atoms with Gasteiger partial charge in [-0.25, -0.2) is 0 Å². The molecule has 7 aromatic rings. The van der Waals surface area contributed by atoms with Crippen molar-refractivity contribution in [1.29, 1.82) is 0 Å². The maximum atomic E-state index is 6.62. The topological polar surface area (TPSA) is 18.1 Å². The van der Waals surface area contributed by atoms with Crippen LogP contribution in [-0.2, 0) is 12.8 Å². The van der Waals surface area contributed by atoms with Crippen LogP contribution >= 0.6 is 0 Å². The van der Waals surface area contributed by atoms with Crippen LogP contribution in [0.25, 0.3) is 72.9 Å². The molecule has 0 aliphatic heterocycles. The Hall–Kier alpha value is -5.08. The van der Waals surface area contributed by atoms with E-state index < -0.39 is 0 Å². The molecular formula is C42H31NO. The fraction of sp³-hybridized carbons (Fsp3) is 0.143. The van der Waals surface area contributed by atoms with Crippen molar-refractivity contribution >= 4 is 67.2 Å². The number of aromatic nitrogens is 1. The van der Waals surface area contributed by atoms with Crippen molar-refractivity contribution in [3.8, 4) is 5.69 Å². The molecule has 2 heterocycles. The maximum Gasteiger partial charge on any atom is 0.142 e. The number of furan rings is 1. The Bertz CT molecular complexity index is 2460. The van der Waals surface area contributed by atoms with Gasteiger partial charge in [-0.2, -0.15) is 0 Å². The van der Waals surface area contributed by atoms with Gasteiger partial charge in [0, 0.05) is 56.3 Å². The highest BCUT2D eigenvalue weighted by molar-refractivity contribution is 6.13. The Labute approximate surface area is 256 Å². The van der Waals surface area contributed by atoms with Gasteiger partial charge in [-0.05, 0) is 64.9 Å². The second-order valence-electron chi connectivity index (χ2n) is 12.7. The van der Waals surface area contributed by atoms with Gasteiger partial charge >= 0.3 is 0 Å². The average Bonchev–Trinajstić information content (AvgIpc) is 3.73. The molecule has 0 bridgehead atoms. The zero-order valence-electron chi connectivity index (χ0n) is 24.7. The van der Waals surface area contributed by atoms with E-state index in [4.69, 9.17) is 4.42 Å². The second-order valence-corrected chi connectivity index (χ2v) is 12.7. The van der Waals surface area contributed by atoms with E-state index in [1.807, 2.05) is 0 Å². The standard InChI is InChI=1S/C42H31NO/c1-25-35(34-18-10-17-33-31-16-7-9-20-39(31)44-42(33)34)24-37-30-15-6-8-19-38(30)43(40(25)37)41-29-14-5-3-12-27(29)23-36-28-13-4-2-11-26(28)21-22-32(36)41/h3-8,10,12-19,21-25H,2,9,11,20H2,1H3. The van der Waals surface area contributed by atoms with Crippen molar-refractivity contribution in [1.82, 2.24) is 4.57 Å². The lowest BCUT2D eigenvalue weighted by atomic mass is 9.89. The summed E-state index contributed by atoms with van der Waals surface area (Å²) >= 11 is 0. The smallest absolute Gasteiger partial charge is 0.142 e. The van der Waals surface area contributed by atoms with Crippen LogP contribution < -0.4 is 0 Å². The van der Waals surface area contributed by atoms with E-state index in [2.05, 4.69) is 127 Å². The molecule has 3 aliphatic carbocycles. The number of hydrogen-bond acceptors (Lipinski definition) is 1. The fourth-order valence-electron chi connectivity index (χ4n) is 8.32. The molecular weight excluding hydrogens is 534 g/mol. The molecule has 210 valence electrons. The van der Waals surface area contributed by atoms with E-state index in [1.165, 1.54) is 82.6 Å². The van der Waals surface area contributed by atoms with Crippen molar-refractivity contribution in [2.24, 2.45) is 0 Å². The summed E-state index contributed by atoms with van der Waals surface area (Å²) in [6, 6.07) is 31.7. The Balaban J connectivity index is 1.27. The molecule has 44 heavy (non-hydrogen) atoms. The number of nitrogens with zero attached hydrogens (tertiary/aromatic N) is 1. The van der Waals surface area contributed by atoms with Gasteiger partial charge in [0.25, 0.3) is 0 Å². The first kappa shape index (κ1) is 24.4. The third-order valence-electron chi connectivity index (χ3n) is 10.3. The van der Waals surface area contributed by atoms with Crippen molar-refractivity contribution in [2.75, 3.05) is 0 Å². The molecule has 0 fully saturated rings. The molecule has 2 heteroatoms. The van der Waals surface area contributed by atoms with Crippen LogP contribution in [0.1, 0.15) is 65.0 Å². The van der Waals surface area contributed by atoms with E-state index in [1.54, 1.807) is 0 Å². The minimum Gasteiger partial charge on any atom is -0.460 e. The van der Waals surface area contributed by atoms with Crippen LogP contribution in [0.5, 0.6) is 0 Å². The normalized spacial score (nSPS) is 17.0. The Kier molecular flexibility index (Phi) is 4.97. The summed E-state index contributed by atoms with van der Waals surface area (Å²) < 4.78 is 9.22. The molecule has 2 nitrogen and oxygen atoms in total. The SMILES string of the molecule is CC1C(c2cccc3c4c(oc23)CCC=C4)=Cc2c1n(-c1c3ccccc3cc3c4c(ccc13)CCC=C4)c1ccccc21. The fourth-order valence-corrected chi connectivity index (χ4v) is 8.32. The molecule has 10 rings (SSSR count). The molecule has 1 unspecified atom stereocenters. The number of para-hydroxylation sites is 2. The van der Waals surface area contributed by atoms with Crippen LogP contribution in [0.15, 0.2) is 101 Å². The lowest BCUT2D eigenvalue weighted by Gasteiger charge is -2.22. The van der Waals surface area contributed by atoms with Crippen molar-refractivity contribution < 1.29 is 4.42 Å². The monoisotopic (exact) mass is 565 g/mol. The summed E-state index contributed by atoms with van der Waals surface area (Å²) in [7, 11) is 0. The van der Waals surface area contributed by atoms with Gasteiger partial charge < -0.3 is 8.98 Å². The van der Waals surface area contributed by atoms with Crippen LogP contribution in [-0.4, -0.2) is 4.57 Å². The van der Waals surface area contributed by atoms with Gasteiger partial charge in [0.05, 0.1) is 11.2 Å².